The molecule has 152 valence electrons. The lowest BCUT2D eigenvalue weighted by Crippen LogP contribution is -2.19. The predicted molar refractivity (Wildman–Crippen MR) is 108 cm³/mol. The molecule has 0 radical (unpaired) electrons. The van der Waals surface area contributed by atoms with E-state index in [2.05, 4.69) is 9.71 Å². The molecule has 4 nitrogen and oxygen atoms in total. The van der Waals surface area contributed by atoms with Gasteiger partial charge in [0.25, 0.3) is 0 Å². The van der Waals surface area contributed by atoms with Gasteiger partial charge in [-0.2, -0.15) is 0 Å². The zero-order valence-electron chi connectivity index (χ0n) is 15.5. The van der Waals surface area contributed by atoms with Gasteiger partial charge in [0.2, 0.25) is 0 Å². The van der Waals surface area contributed by atoms with Crippen LogP contribution in [0.4, 0.5) is 19.0 Å². The largest absolute Gasteiger partial charge is 0.315 e. The number of halogens is 3. The monoisotopic (exact) mass is 438 g/mol. The average Bonchev–Trinajstić information content (AvgIpc) is 2.67. The molecule has 2 aromatic carbocycles. The molecule has 0 spiro atoms. The van der Waals surface area contributed by atoms with E-state index in [4.69, 9.17) is 0 Å². The predicted octanol–water partition coefficient (Wildman–Crippen LogP) is 5.06. The summed E-state index contributed by atoms with van der Waals surface area (Å²) < 4.78 is 72.8. The summed E-state index contributed by atoms with van der Waals surface area (Å²) in [6.07, 6.45) is 2.56. The number of rotatable bonds is 6. The second-order valence-electron chi connectivity index (χ2n) is 6.30. The summed E-state index contributed by atoms with van der Waals surface area (Å²) in [5.41, 5.74) is 0.00591. The molecule has 0 bridgehead atoms. The van der Waals surface area contributed by atoms with Gasteiger partial charge < -0.3 is 4.72 Å². The standard InChI is InChI=1S/C20H17F3N2O2S2/c1-12-3-6-14(7-4-12)29(26,27)20(15-9-13(21)5-8-17(15)22)16-10-19(25-28-2)24-11-18(16)23/h3-11,20H,1-2H3,(H,24,25). The third-order valence-electron chi connectivity index (χ3n) is 4.27. The van der Waals surface area contributed by atoms with Crippen LogP contribution in [0, 0.1) is 24.4 Å². The number of sulfone groups is 1. The topological polar surface area (TPSA) is 59.1 Å². The summed E-state index contributed by atoms with van der Waals surface area (Å²) in [6.45, 7) is 1.78. The zero-order valence-corrected chi connectivity index (χ0v) is 17.1. The molecule has 0 saturated carbocycles. The van der Waals surface area contributed by atoms with Gasteiger partial charge in [-0.3, -0.25) is 0 Å². The van der Waals surface area contributed by atoms with Crippen LogP contribution in [0.2, 0.25) is 0 Å². The normalized spacial score (nSPS) is 12.6. The minimum atomic E-state index is -4.33. The Kier molecular flexibility index (Phi) is 6.18. The van der Waals surface area contributed by atoms with Gasteiger partial charge in [0.05, 0.1) is 11.1 Å². The maximum atomic E-state index is 14.7. The summed E-state index contributed by atoms with van der Waals surface area (Å²) in [7, 11) is -4.33. The van der Waals surface area contributed by atoms with Gasteiger partial charge in [-0.25, -0.2) is 26.6 Å². The first kappa shape index (κ1) is 21.2. The molecular weight excluding hydrogens is 421 g/mol. The van der Waals surface area contributed by atoms with Gasteiger partial charge in [0, 0.05) is 17.4 Å². The minimum Gasteiger partial charge on any atom is -0.315 e. The number of nitrogens with zero attached hydrogens (tertiary/aromatic N) is 1. The van der Waals surface area contributed by atoms with Gasteiger partial charge in [-0.05, 0) is 43.3 Å². The number of pyridine rings is 1. The van der Waals surface area contributed by atoms with Gasteiger partial charge >= 0.3 is 0 Å². The highest BCUT2D eigenvalue weighted by Crippen LogP contribution is 2.38. The first-order valence-corrected chi connectivity index (χ1v) is 11.2. The summed E-state index contributed by atoms with van der Waals surface area (Å²) >= 11 is 1.17. The van der Waals surface area contributed by atoms with Gasteiger partial charge in [-0.1, -0.05) is 29.6 Å². The van der Waals surface area contributed by atoms with Crippen LogP contribution >= 0.6 is 11.9 Å². The van der Waals surface area contributed by atoms with E-state index in [1.54, 1.807) is 25.3 Å². The molecule has 1 N–H and O–H groups in total. The molecule has 1 atom stereocenters. The Morgan fingerprint density at radius 1 is 0.966 bits per heavy atom. The number of hydrogen-bond donors (Lipinski definition) is 1. The molecule has 3 aromatic rings. The molecule has 1 aromatic heterocycles. The molecule has 0 amide bonds. The van der Waals surface area contributed by atoms with E-state index in [9.17, 15) is 21.6 Å². The lowest BCUT2D eigenvalue weighted by molar-refractivity contribution is 0.558. The molecule has 0 aliphatic carbocycles. The van der Waals surface area contributed by atoms with Crippen molar-refractivity contribution in [3.05, 3.63) is 88.9 Å². The third-order valence-corrected chi connectivity index (χ3v) is 6.75. The van der Waals surface area contributed by atoms with Gasteiger partial charge in [0.1, 0.15) is 28.5 Å². The van der Waals surface area contributed by atoms with Crippen molar-refractivity contribution in [3.8, 4) is 0 Å². The molecule has 0 saturated heterocycles. The van der Waals surface area contributed by atoms with Gasteiger partial charge in [0.15, 0.2) is 9.84 Å². The average molecular weight is 438 g/mol. The SMILES string of the molecule is CSNc1cc(C(c2cc(F)ccc2F)S(=O)(=O)c2ccc(C)cc2)c(F)cn1. The highest BCUT2D eigenvalue weighted by molar-refractivity contribution is 7.99. The molecule has 9 heteroatoms. The van der Waals surface area contributed by atoms with Crippen LogP contribution in [-0.4, -0.2) is 19.7 Å². The fraction of sp³-hybridized carbons (Fsp3) is 0.150. The Bertz CT molecular complexity index is 1140. The molecule has 29 heavy (non-hydrogen) atoms. The lowest BCUT2D eigenvalue weighted by atomic mass is 10.0. The van der Waals surface area contributed by atoms with E-state index in [0.29, 0.717) is 0 Å². The highest BCUT2D eigenvalue weighted by atomic mass is 32.2. The first-order chi connectivity index (χ1) is 13.7. The zero-order chi connectivity index (χ0) is 21.2. The van der Waals surface area contributed by atoms with Crippen molar-refractivity contribution in [2.45, 2.75) is 17.1 Å². The molecule has 1 unspecified atom stereocenters. The molecule has 1 heterocycles. The second kappa shape index (κ2) is 8.46. The number of nitrogens with one attached hydrogen (secondary N) is 1. The van der Waals surface area contributed by atoms with Crippen molar-refractivity contribution in [1.82, 2.24) is 4.98 Å². The van der Waals surface area contributed by atoms with Crippen LogP contribution in [-0.2, 0) is 9.84 Å². The molecule has 0 aliphatic heterocycles. The number of aryl methyl sites for hydroxylation is 1. The van der Waals surface area contributed by atoms with E-state index in [-0.39, 0.29) is 16.3 Å². The summed E-state index contributed by atoms with van der Waals surface area (Å²) in [5.74, 6) is -2.54. The number of hydrogen-bond acceptors (Lipinski definition) is 5. The van der Waals surface area contributed by atoms with Crippen molar-refractivity contribution in [2.24, 2.45) is 0 Å². The fourth-order valence-corrected chi connectivity index (χ4v) is 5.04. The summed E-state index contributed by atoms with van der Waals surface area (Å²) in [5, 5.41) is -1.80. The highest BCUT2D eigenvalue weighted by Gasteiger charge is 2.35. The Balaban J connectivity index is 2.30. The minimum absolute atomic E-state index is 0.132. The fourth-order valence-electron chi connectivity index (χ4n) is 2.90. The smallest absolute Gasteiger partial charge is 0.189 e. The maximum absolute atomic E-state index is 14.7. The number of benzene rings is 2. The second-order valence-corrected chi connectivity index (χ2v) is 8.95. The Labute approximate surface area is 171 Å². The number of aromatic nitrogens is 1. The third kappa shape index (κ3) is 4.40. The maximum Gasteiger partial charge on any atom is 0.189 e. The molecule has 0 aliphatic rings. The quantitative estimate of drug-likeness (QED) is 0.545. The van der Waals surface area contributed by atoms with Crippen LogP contribution < -0.4 is 4.72 Å². The van der Waals surface area contributed by atoms with E-state index in [0.717, 1.165) is 30.0 Å². The Morgan fingerprint density at radius 2 is 1.62 bits per heavy atom. The number of anilines is 1. The van der Waals surface area contributed by atoms with Gasteiger partial charge in [-0.15, -0.1) is 0 Å². The van der Waals surface area contributed by atoms with Crippen LogP contribution in [0.1, 0.15) is 21.9 Å². The van der Waals surface area contributed by atoms with E-state index < -0.39 is 38.1 Å². The summed E-state index contributed by atoms with van der Waals surface area (Å²) in [4.78, 5) is 3.71. The van der Waals surface area contributed by atoms with Crippen LogP contribution in [0.3, 0.4) is 0 Å². The Morgan fingerprint density at radius 3 is 2.28 bits per heavy atom. The van der Waals surface area contributed by atoms with E-state index in [1.165, 1.54) is 30.1 Å². The molecular formula is C20H17F3N2O2S2. The lowest BCUT2D eigenvalue weighted by Gasteiger charge is -2.21. The van der Waals surface area contributed by atoms with Crippen molar-refractivity contribution in [1.29, 1.82) is 0 Å². The van der Waals surface area contributed by atoms with E-state index >= 15 is 0 Å². The molecule has 3 rings (SSSR count). The van der Waals surface area contributed by atoms with E-state index in [1.807, 2.05) is 0 Å². The Hall–Kier alpha value is -2.52. The van der Waals surface area contributed by atoms with Crippen LogP contribution in [0.15, 0.2) is 59.6 Å². The van der Waals surface area contributed by atoms with Crippen LogP contribution in [0.5, 0.6) is 0 Å². The van der Waals surface area contributed by atoms with Crippen molar-refractivity contribution in [2.75, 3.05) is 11.0 Å². The molecule has 0 fully saturated rings. The van der Waals surface area contributed by atoms with Crippen molar-refractivity contribution >= 4 is 27.6 Å². The first-order valence-electron chi connectivity index (χ1n) is 8.44. The van der Waals surface area contributed by atoms with Crippen molar-refractivity contribution < 1.29 is 21.6 Å². The van der Waals surface area contributed by atoms with Crippen molar-refractivity contribution in [3.63, 3.8) is 0 Å². The van der Waals surface area contributed by atoms with Crippen LogP contribution in [0.25, 0.3) is 0 Å². The summed E-state index contributed by atoms with van der Waals surface area (Å²) in [6, 6.07) is 9.52.